The highest BCUT2D eigenvalue weighted by molar-refractivity contribution is 5.94. The van der Waals surface area contributed by atoms with Crippen LogP contribution in [0.3, 0.4) is 0 Å². The minimum absolute atomic E-state index is 0.0569. The zero-order valence-electron chi connectivity index (χ0n) is 16.3. The van der Waals surface area contributed by atoms with Gasteiger partial charge in [0.2, 0.25) is 5.91 Å². The molecule has 2 amide bonds. The Morgan fingerprint density at radius 2 is 1.30 bits per heavy atom. The lowest BCUT2D eigenvalue weighted by atomic mass is 10.1. The zero-order valence-corrected chi connectivity index (χ0v) is 16.3. The van der Waals surface area contributed by atoms with Crippen LogP contribution in [-0.4, -0.2) is 47.8 Å². The number of hydrogen-bond donors (Lipinski definition) is 0. The average Bonchev–Trinajstić information content (AvgIpc) is 2.69. The Morgan fingerprint density at radius 1 is 0.778 bits per heavy atom. The average molecular weight is 364 g/mol. The maximum Gasteiger partial charge on any atom is 0.253 e. The van der Waals surface area contributed by atoms with Crippen molar-refractivity contribution in [2.75, 3.05) is 26.2 Å². The van der Waals surface area contributed by atoms with Crippen LogP contribution in [0.15, 0.2) is 48.5 Å². The molecule has 3 rings (SSSR count). The van der Waals surface area contributed by atoms with Gasteiger partial charge in [-0.2, -0.15) is 0 Å². The van der Waals surface area contributed by atoms with Crippen LogP contribution in [-0.2, 0) is 11.2 Å². The first-order chi connectivity index (χ1) is 13.0. The highest BCUT2D eigenvalue weighted by Crippen LogP contribution is 2.12. The summed E-state index contributed by atoms with van der Waals surface area (Å²) in [5.74, 6) is 0.256. The predicted molar refractivity (Wildman–Crippen MR) is 108 cm³/mol. The first kappa shape index (κ1) is 19.2. The number of piperazine rings is 1. The van der Waals surface area contributed by atoms with Gasteiger partial charge in [0.15, 0.2) is 0 Å². The van der Waals surface area contributed by atoms with E-state index in [-0.39, 0.29) is 11.8 Å². The van der Waals surface area contributed by atoms with Gasteiger partial charge < -0.3 is 9.80 Å². The molecule has 1 saturated heterocycles. The van der Waals surface area contributed by atoms with Gasteiger partial charge in [-0.3, -0.25) is 9.59 Å². The molecule has 2 aromatic carbocycles. The van der Waals surface area contributed by atoms with Gasteiger partial charge in [0.25, 0.3) is 5.91 Å². The first-order valence-corrected chi connectivity index (χ1v) is 9.72. The molecule has 27 heavy (non-hydrogen) atoms. The van der Waals surface area contributed by atoms with E-state index in [1.807, 2.05) is 41.0 Å². The minimum atomic E-state index is 0.0569. The Morgan fingerprint density at radius 3 is 1.89 bits per heavy atom. The third-order valence-corrected chi connectivity index (χ3v) is 5.19. The maximum absolute atomic E-state index is 12.6. The Balaban J connectivity index is 1.42. The molecule has 0 aromatic heterocycles. The quantitative estimate of drug-likeness (QED) is 0.813. The fourth-order valence-corrected chi connectivity index (χ4v) is 3.39. The van der Waals surface area contributed by atoms with E-state index in [1.165, 1.54) is 11.1 Å². The van der Waals surface area contributed by atoms with E-state index in [1.54, 1.807) is 0 Å². The molecule has 0 spiro atoms. The standard InChI is InChI=1S/C23H28N2O2/c1-18-6-10-20(11-7-18)4-3-5-22(26)24-14-16-25(17-15-24)23(27)21-12-8-19(2)9-13-21/h6-13H,3-5,14-17H2,1-2H3. The van der Waals surface area contributed by atoms with Crippen LogP contribution in [0, 0.1) is 13.8 Å². The Bertz CT molecular complexity index is 773. The summed E-state index contributed by atoms with van der Waals surface area (Å²) in [7, 11) is 0. The molecular weight excluding hydrogens is 336 g/mol. The first-order valence-electron chi connectivity index (χ1n) is 9.72. The normalized spacial score (nSPS) is 14.3. The fraction of sp³-hybridized carbons (Fsp3) is 0.391. The minimum Gasteiger partial charge on any atom is -0.339 e. The largest absolute Gasteiger partial charge is 0.339 e. The van der Waals surface area contributed by atoms with Crippen molar-refractivity contribution in [2.45, 2.75) is 33.1 Å². The van der Waals surface area contributed by atoms with Crippen molar-refractivity contribution in [1.82, 2.24) is 9.80 Å². The third-order valence-electron chi connectivity index (χ3n) is 5.19. The van der Waals surface area contributed by atoms with E-state index < -0.39 is 0 Å². The predicted octanol–water partition coefficient (Wildman–Crippen LogP) is 3.61. The van der Waals surface area contributed by atoms with Crippen molar-refractivity contribution < 1.29 is 9.59 Å². The molecule has 142 valence electrons. The van der Waals surface area contributed by atoms with Crippen molar-refractivity contribution in [2.24, 2.45) is 0 Å². The van der Waals surface area contributed by atoms with Gasteiger partial charge in [-0.25, -0.2) is 0 Å². The van der Waals surface area contributed by atoms with Gasteiger partial charge >= 0.3 is 0 Å². The van der Waals surface area contributed by atoms with Crippen molar-refractivity contribution >= 4 is 11.8 Å². The van der Waals surface area contributed by atoms with Crippen LogP contribution in [0.2, 0.25) is 0 Å². The second kappa shape index (κ2) is 8.85. The Kier molecular flexibility index (Phi) is 6.28. The van der Waals surface area contributed by atoms with Crippen LogP contribution in [0.5, 0.6) is 0 Å². The monoisotopic (exact) mass is 364 g/mol. The van der Waals surface area contributed by atoms with E-state index in [0.717, 1.165) is 24.0 Å². The summed E-state index contributed by atoms with van der Waals surface area (Å²) in [5.41, 5.74) is 4.40. The Hall–Kier alpha value is -2.62. The molecule has 0 radical (unpaired) electrons. The lowest BCUT2D eigenvalue weighted by Crippen LogP contribution is -2.50. The molecule has 0 atom stereocenters. The number of carbonyl (C=O) groups is 2. The van der Waals surface area contributed by atoms with Gasteiger partial charge in [0.05, 0.1) is 0 Å². The van der Waals surface area contributed by atoms with Gasteiger partial charge in [-0.1, -0.05) is 47.5 Å². The maximum atomic E-state index is 12.6. The van der Waals surface area contributed by atoms with Gasteiger partial charge in [-0.05, 0) is 44.4 Å². The SMILES string of the molecule is Cc1ccc(CCCC(=O)N2CCN(C(=O)c3ccc(C)cc3)CC2)cc1. The number of rotatable bonds is 5. The molecule has 0 saturated carbocycles. The number of carbonyl (C=O) groups excluding carboxylic acids is 2. The Labute approximate surface area is 161 Å². The molecule has 4 heteroatoms. The molecule has 4 nitrogen and oxygen atoms in total. The van der Waals surface area contributed by atoms with E-state index in [2.05, 4.69) is 31.2 Å². The van der Waals surface area contributed by atoms with E-state index in [4.69, 9.17) is 0 Å². The molecular formula is C23H28N2O2. The number of hydrogen-bond acceptors (Lipinski definition) is 2. The number of nitrogens with zero attached hydrogens (tertiary/aromatic N) is 2. The summed E-state index contributed by atoms with van der Waals surface area (Å²) in [6.07, 6.45) is 2.36. The smallest absolute Gasteiger partial charge is 0.253 e. The number of benzene rings is 2. The van der Waals surface area contributed by atoms with Crippen LogP contribution < -0.4 is 0 Å². The lowest BCUT2D eigenvalue weighted by Gasteiger charge is -2.35. The fourth-order valence-electron chi connectivity index (χ4n) is 3.39. The molecule has 0 bridgehead atoms. The number of amides is 2. The molecule has 0 unspecified atom stereocenters. The summed E-state index contributed by atoms with van der Waals surface area (Å²) >= 11 is 0. The molecule has 1 aliphatic heterocycles. The third kappa shape index (κ3) is 5.19. The molecule has 1 heterocycles. The summed E-state index contributed by atoms with van der Waals surface area (Å²) in [4.78, 5) is 28.8. The van der Waals surface area contributed by atoms with Crippen molar-refractivity contribution in [3.05, 3.63) is 70.8 Å². The summed E-state index contributed by atoms with van der Waals surface area (Å²) in [5, 5.41) is 0. The lowest BCUT2D eigenvalue weighted by molar-refractivity contribution is -0.132. The van der Waals surface area contributed by atoms with Gasteiger partial charge in [-0.15, -0.1) is 0 Å². The number of aryl methyl sites for hydroxylation is 3. The van der Waals surface area contributed by atoms with Crippen molar-refractivity contribution in [3.8, 4) is 0 Å². The van der Waals surface area contributed by atoms with E-state index >= 15 is 0 Å². The van der Waals surface area contributed by atoms with E-state index in [0.29, 0.717) is 32.6 Å². The van der Waals surface area contributed by atoms with Crippen LogP contribution >= 0.6 is 0 Å². The van der Waals surface area contributed by atoms with Gasteiger partial charge in [0, 0.05) is 38.2 Å². The molecule has 2 aromatic rings. The molecule has 1 aliphatic rings. The molecule has 0 N–H and O–H groups in total. The summed E-state index contributed by atoms with van der Waals surface area (Å²) < 4.78 is 0. The van der Waals surface area contributed by atoms with Crippen LogP contribution in [0.4, 0.5) is 0 Å². The highest BCUT2D eigenvalue weighted by Gasteiger charge is 2.24. The van der Waals surface area contributed by atoms with Crippen molar-refractivity contribution in [1.29, 1.82) is 0 Å². The van der Waals surface area contributed by atoms with Gasteiger partial charge in [0.1, 0.15) is 0 Å². The summed E-state index contributed by atoms with van der Waals surface area (Å²) in [6, 6.07) is 16.2. The summed E-state index contributed by atoms with van der Waals surface area (Å²) in [6.45, 7) is 6.56. The van der Waals surface area contributed by atoms with E-state index in [9.17, 15) is 9.59 Å². The zero-order chi connectivity index (χ0) is 19.2. The molecule has 1 fully saturated rings. The second-order valence-electron chi connectivity index (χ2n) is 7.38. The van der Waals surface area contributed by atoms with Crippen molar-refractivity contribution in [3.63, 3.8) is 0 Å². The highest BCUT2D eigenvalue weighted by atomic mass is 16.2. The second-order valence-corrected chi connectivity index (χ2v) is 7.38. The topological polar surface area (TPSA) is 40.6 Å². The van der Waals surface area contributed by atoms with Crippen LogP contribution in [0.1, 0.15) is 39.9 Å². The molecule has 0 aliphatic carbocycles. The van der Waals surface area contributed by atoms with Crippen LogP contribution in [0.25, 0.3) is 0 Å².